The Morgan fingerprint density at radius 3 is 2.25 bits per heavy atom. The first-order chi connectivity index (χ1) is 13.3. The fourth-order valence-electron chi connectivity index (χ4n) is 3.80. The first-order valence-corrected chi connectivity index (χ1v) is 9.02. The van der Waals surface area contributed by atoms with Crippen LogP contribution in [-0.2, 0) is 19.3 Å². The Balaban J connectivity index is 1.71. The van der Waals surface area contributed by atoms with Crippen LogP contribution >= 0.6 is 0 Å². The van der Waals surface area contributed by atoms with E-state index in [0.29, 0.717) is 5.52 Å². The molecule has 2 aromatic carbocycles. The molecule has 0 saturated carbocycles. The number of imidazole rings is 1. The molecule has 0 radical (unpaired) electrons. The Morgan fingerprint density at radius 1 is 0.929 bits per heavy atom. The first-order valence-electron chi connectivity index (χ1n) is 9.02. The Hall–Kier alpha value is -2.80. The van der Waals surface area contributed by atoms with Crippen LogP contribution in [0.4, 0.5) is 13.2 Å². The third-order valence-corrected chi connectivity index (χ3v) is 5.24. The van der Waals surface area contributed by atoms with Crippen LogP contribution in [0, 0.1) is 13.8 Å². The second kappa shape index (κ2) is 6.67. The summed E-state index contributed by atoms with van der Waals surface area (Å²) < 4.78 is 43.4. The van der Waals surface area contributed by atoms with Gasteiger partial charge in [0, 0.05) is 16.6 Å². The zero-order valence-corrected chi connectivity index (χ0v) is 15.5. The summed E-state index contributed by atoms with van der Waals surface area (Å²) >= 11 is 0. The molecule has 146 valence electrons. The predicted molar refractivity (Wildman–Crippen MR) is 102 cm³/mol. The van der Waals surface area contributed by atoms with Gasteiger partial charge in [-0.15, -0.1) is 0 Å². The van der Waals surface area contributed by atoms with Crippen LogP contribution < -0.4 is 0 Å². The summed E-state index contributed by atoms with van der Waals surface area (Å²) in [6.07, 6.45) is -5.60. The van der Waals surface area contributed by atoms with E-state index >= 15 is 0 Å². The van der Waals surface area contributed by atoms with Gasteiger partial charge in [-0.2, -0.15) is 13.2 Å². The molecule has 0 amide bonds. The Kier molecular flexibility index (Phi) is 4.42. The second-order valence-corrected chi connectivity index (χ2v) is 7.02. The molecule has 0 fully saturated rings. The summed E-state index contributed by atoms with van der Waals surface area (Å²) in [4.78, 5) is 3.74. The lowest BCUT2D eigenvalue weighted by molar-refractivity contribution is -0.147. The Labute approximate surface area is 159 Å². The van der Waals surface area contributed by atoms with Crippen molar-refractivity contribution in [1.29, 1.82) is 0 Å². The third-order valence-electron chi connectivity index (χ3n) is 5.24. The van der Waals surface area contributed by atoms with Gasteiger partial charge in [0.15, 0.2) is 0 Å². The predicted octanol–water partition coefficient (Wildman–Crippen LogP) is 4.69. The summed E-state index contributed by atoms with van der Waals surface area (Å²) in [6.45, 7) is 3.96. The molecule has 7 heteroatoms. The van der Waals surface area contributed by atoms with E-state index in [4.69, 9.17) is 0 Å². The fraction of sp³-hybridized carbons (Fsp3) is 0.286. The molecule has 4 nitrogen and oxygen atoms in total. The number of halogens is 3. The number of aliphatic hydroxyl groups is 1. The maximum Gasteiger partial charge on any atom is 0.449 e. The summed E-state index contributed by atoms with van der Waals surface area (Å²) in [5.41, 5.74) is 3.68. The van der Waals surface area contributed by atoms with Crippen molar-refractivity contribution in [3.8, 4) is 0 Å². The van der Waals surface area contributed by atoms with Crippen LogP contribution in [0.25, 0.3) is 21.9 Å². The van der Waals surface area contributed by atoms with Crippen molar-refractivity contribution in [3.05, 3.63) is 65.6 Å². The van der Waals surface area contributed by atoms with Gasteiger partial charge < -0.3 is 14.2 Å². The van der Waals surface area contributed by atoms with Crippen LogP contribution in [0.15, 0.2) is 48.5 Å². The number of alkyl halides is 3. The van der Waals surface area contributed by atoms with Gasteiger partial charge in [0.1, 0.15) is 0 Å². The summed E-state index contributed by atoms with van der Waals surface area (Å²) in [5.74, 6) is -0.988. The third kappa shape index (κ3) is 3.05. The average molecular weight is 387 g/mol. The van der Waals surface area contributed by atoms with Gasteiger partial charge in [-0.25, -0.2) is 4.98 Å². The maximum absolute atomic E-state index is 13.5. The number of aromatic nitrogens is 3. The van der Waals surface area contributed by atoms with E-state index in [1.165, 1.54) is 0 Å². The van der Waals surface area contributed by atoms with Gasteiger partial charge in [-0.1, -0.05) is 30.3 Å². The van der Waals surface area contributed by atoms with Gasteiger partial charge in [0.25, 0.3) is 0 Å². The molecule has 0 aliphatic rings. The highest BCUT2D eigenvalue weighted by atomic mass is 19.4. The number of benzene rings is 2. The Bertz CT molecular complexity index is 1160. The van der Waals surface area contributed by atoms with Crippen LogP contribution in [0.5, 0.6) is 0 Å². The molecule has 28 heavy (non-hydrogen) atoms. The van der Waals surface area contributed by atoms with E-state index in [9.17, 15) is 18.3 Å². The lowest BCUT2D eigenvalue weighted by atomic mass is 10.2. The lowest BCUT2D eigenvalue weighted by Crippen LogP contribution is -2.26. The van der Waals surface area contributed by atoms with E-state index in [2.05, 4.69) is 4.98 Å². The molecular weight excluding hydrogens is 367 g/mol. The molecule has 0 aliphatic heterocycles. The molecule has 1 unspecified atom stereocenters. The lowest BCUT2D eigenvalue weighted by Gasteiger charge is -2.18. The number of hydrogen-bond acceptors (Lipinski definition) is 2. The number of rotatable bonds is 4. The van der Waals surface area contributed by atoms with Crippen LogP contribution in [-0.4, -0.2) is 25.3 Å². The van der Waals surface area contributed by atoms with E-state index in [-0.39, 0.29) is 18.6 Å². The van der Waals surface area contributed by atoms with Crippen molar-refractivity contribution in [1.82, 2.24) is 14.1 Å². The smallest absolute Gasteiger partial charge is 0.389 e. The van der Waals surface area contributed by atoms with Gasteiger partial charge in [0.2, 0.25) is 5.82 Å². The topological polar surface area (TPSA) is 43.0 Å². The molecule has 0 spiro atoms. The number of hydrogen-bond donors (Lipinski definition) is 1. The number of para-hydroxylation sites is 3. The molecule has 0 bridgehead atoms. The van der Waals surface area contributed by atoms with Crippen molar-refractivity contribution in [2.24, 2.45) is 0 Å². The van der Waals surface area contributed by atoms with E-state index in [1.807, 2.05) is 42.7 Å². The van der Waals surface area contributed by atoms with Crippen LogP contribution in [0.1, 0.15) is 17.1 Å². The molecule has 4 rings (SSSR count). The highest BCUT2D eigenvalue weighted by molar-refractivity contribution is 5.85. The van der Waals surface area contributed by atoms with Crippen molar-refractivity contribution in [2.75, 3.05) is 0 Å². The molecule has 1 N–H and O–H groups in total. The number of aryl methyl sites for hydroxylation is 1. The highest BCUT2D eigenvalue weighted by Gasteiger charge is 2.38. The average Bonchev–Trinajstić information content (AvgIpc) is 3.14. The van der Waals surface area contributed by atoms with Crippen molar-refractivity contribution in [3.63, 3.8) is 0 Å². The largest absolute Gasteiger partial charge is 0.449 e. The number of aliphatic hydroxyl groups excluding tert-OH is 1. The monoisotopic (exact) mass is 387 g/mol. The van der Waals surface area contributed by atoms with Crippen molar-refractivity contribution < 1.29 is 18.3 Å². The second-order valence-electron chi connectivity index (χ2n) is 7.02. The molecular formula is C21H20F3N3O. The maximum atomic E-state index is 13.5. The molecule has 1 atom stereocenters. The molecule has 0 saturated heterocycles. The SMILES string of the molecule is Cc1c(C)n(CC(O)Cn2c(C(F)(F)F)nc3ccccc32)c2ccccc12. The van der Waals surface area contributed by atoms with Gasteiger partial charge in [-0.3, -0.25) is 0 Å². The summed E-state index contributed by atoms with van der Waals surface area (Å²) in [7, 11) is 0. The van der Waals surface area contributed by atoms with E-state index in [0.717, 1.165) is 26.7 Å². The van der Waals surface area contributed by atoms with Crippen molar-refractivity contribution in [2.45, 2.75) is 39.2 Å². The fourth-order valence-corrected chi connectivity index (χ4v) is 3.80. The van der Waals surface area contributed by atoms with E-state index in [1.54, 1.807) is 24.3 Å². The zero-order chi connectivity index (χ0) is 20.1. The summed E-state index contributed by atoms with van der Waals surface area (Å²) in [5, 5.41) is 11.8. The zero-order valence-electron chi connectivity index (χ0n) is 15.5. The van der Waals surface area contributed by atoms with Crippen LogP contribution in [0.2, 0.25) is 0 Å². The van der Waals surface area contributed by atoms with Crippen LogP contribution in [0.3, 0.4) is 0 Å². The van der Waals surface area contributed by atoms with Gasteiger partial charge >= 0.3 is 6.18 Å². The van der Waals surface area contributed by atoms with Crippen molar-refractivity contribution >= 4 is 21.9 Å². The minimum Gasteiger partial charge on any atom is -0.389 e. The van der Waals surface area contributed by atoms with E-state index < -0.39 is 18.1 Å². The normalized spacial score (nSPS) is 13.5. The first kappa shape index (κ1) is 18.6. The van der Waals surface area contributed by atoms with Gasteiger partial charge in [-0.05, 0) is 37.6 Å². The standard InChI is InChI=1S/C21H20F3N3O/c1-13-14(2)26(18-9-5-3-7-16(13)18)11-15(28)12-27-19-10-6-4-8-17(19)25-20(27)21(22,23)24/h3-10,15,28H,11-12H2,1-2H3. The highest BCUT2D eigenvalue weighted by Crippen LogP contribution is 2.32. The molecule has 2 heterocycles. The molecule has 4 aromatic rings. The Morgan fingerprint density at radius 2 is 1.54 bits per heavy atom. The molecule has 2 aromatic heterocycles. The number of fused-ring (bicyclic) bond motifs is 2. The minimum atomic E-state index is -4.59. The molecule has 0 aliphatic carbocycles. The minimum absolute atomic E-state index is 0.194. The quantitative estimate of drug-likeness (QED) is 0.552. The van der Waals surface area contributed by atoms with Gasteiger partial charge in [0.05, 0.1) is 30.2 Å². The number of nitrogens with zero attached hydrogens (tertiary/aromatic N) is 3. The summed E-state index contributed by atoms with van der Waals surface area (Å²) in [6, 6.07) is 14.3.